The van der Waals surface area contributed by atoms with Gasteiger partial charge in [0.15, 0.2) is 0 Å². The Hall–Kier alpha value is -0.770. The third kappa shape index (κ3) is 4.60. The number of hydrogen-bond donors (Lipinski definition) is 1. The Morgan fingerprint density at radius 2 is 1.76 bits per heavy atom. The molecule has 1 aliphatic rings. The summed E-state index contributed by atoms with van der Waals surface area (Å²) >= 11 is 6.26. The molecule has 1 saturated heterocycles. The molecule has 1 aromatic carbocycles. The number of rotatable bonds is 4. The van der Waals surface area contributed by atoms with Crippen molar-refractivity contribution in [2.24, 2.45) is 5.41 Å². The first-order valence-corrected chi connectivity index (χ1v) is 8.15. The van der Waals surface area contributed by atoms with Crippen LogP contribution in [0.15, 0.2) is 24.3 Å². The van der Waals surface area contributed by atoms with Crippen LogP contribution in [-0.2, 0) is 0 Å². The Morgan fingerprint density at radius 3 is 2.33 bits per heavy atom. The number of benzene rings is 1. The molecule has 4 heteroatoms. The number of hydrogen-bond acceptors (Lipinski definition) is 3. The number of halogens is 1. The van der Waals surface area contributed by atoms with Crippen LogP contribution in [0, 0.1) is 5.41 Å². The second kappa shape index (κ2) is 6.99. The van der Waals surface area contributed by atoms with Crippen LogP contribution in [0.1, 0.15) is 27.2 Å². The van der Waals surface area contributed by atoms with Gasteiger partial charge in [-0.15, -0.1) is 0 Å². The summed E-state index contributed by atoms with van der Waals surface area (Å²) in [5, 5.41) is 11.0. The lowest BCUT2D eigenvalue weighted by Crippen LogP contribution is -2.47. The number of aliphatic hydroxyl groups is 1. The molecular weight excluding hydrogens is 284 g/mol. The molecule has 2 rings (SSSR count). The summed E-state index contributed by atoms with van der Waals surface area (Å²) in [6.45, 7) is 11.3. The SMILES string of the molecule is CC(C)(C)C(O)CCN1CCN(c2ccccc2Cl)CC1. The maximum atomic E-state index is 10.1. The molecule has 1 fully saturated rings. The van der Waals surface area contributed by atoms with E-state index in [-0.39, 0.29) is 11.5 Å². The smallest absolute Gasteiger partial charge is 0.0639 e. The van der Waals surface area contributed by atoms with Gasteiger partial charge in [-0.25, -0.2) is 0 Å². The van der Waals surface area contributed by atoms with Crippen molar-refractivity contribution in [2.75, 3.05) is 37.6 Å². The third-order valence-electron chi connectivity index (χ3n) is 4.28. The monoisotopic (exact) mass is 310 g/mol. The topological polar surface area (TPSA) is 26.7 Å². The molecule has 3 nitrogen and oxygen atoms in total. The fourth-order valence-corrected chi connectivity index (χ4v) is 2.91. The summed E-state index contributed by atoms with van der Waals surface area (Å²) in [5.74, 6) is 0. The first-order valence-electron chi connectivity index (χ1n) is 7.78. The van der Waals surface area contributed by atoms with E-state index in [4.69, 9.17) is 11.6 Å². The van der Waals surface area contributed by atoms with Gasteiger partial charge in [-0.1, -0.05) is 44.5 Å². The fourth-order valence-electron chi connectivity index (χ4n) is 2.66. The van der Waals surface area contributed by atoms with Gasteiger partial charge >= 0.3 is 0 Å². The van der Waals surface area contributed by atoms with Crippen molar-refractivity contribution in [2.45, 2.75) is 33.3 Å². The summed E-state index contributed by atoms with van der Waals surface area (Å²) in [7, 11) is 0. The van der Waals surface area contributed by atoms with Crippen LogP contribution in [0.25, 0.3) is 0 Å². The van der Waals surface area contributed by atoms with Crippen molar-refractivity contribution in [3.05, 3.63) is 29.3 Å². The highest BCUT2D eigenvalue weighted by molar-refractivity contribution is 6.33. The van der Waals surface area contributed by atoms with Crippen LogP contribution >= 0.6 is 11.6 Å². The van der Waals surface area contributed by atoms with Crippen LogP contribution in [0.2, 0.25) is 5.02 Å². The van der Waals surface area contributed by atoms with Crippen LogP contribution in [-0.4, -0.2) is 48.8 Å². The van der Waals surface area contributed by atoms with E-state index < -0.39 is 0 Å². The van der Waals surface area contributed by atoms with Crippen LogP contribution < -0.4 is 4.90 Å². The molecule has 1 heterocycles. The standard InChI is InChI=1S/C17H27ClN2O/c1-17(2,3)16(21)8-9-19-10-12-20(13-11-19)15-7-5-4-6-14(15)18/h4-7,16,21H,8-13H2,1-3H3. The molecule has 1 unspecified atom stereocenters. The lowest BCUT2D eigenvalue weighted by atomic mass is 9.87. The molecule has 118 valence electrons. The highest BCUT2D eigenvalue weighted by atomic mass is 35.5. The Morgan fingerprint density at radius 1 is 1.14 bits per heavy atom. The second-order valence-electron chi connectivity index (χ2n) is 6.95. The Labute approximate surface area is 133 Å². The molecule has 1 aromatic rings. The van der Waals surface area contributed by atoms with Gasteiger partial charge in [-0.3, -0.25) is 4.90 Å². The summed E-state index contributed by atoms with van der Waals surface area (Å²) in [6, 6.07) is 8.04. The van der Waals surface area contributed by atoms with Gasteiger partial charge in [0, 0.05) is 32.7 Å². The molecule has 0 saturated carbocycles. The number of nitrogens with zero attached hydrogens (tertiary/aromatic N) is 2. The van der Waals surface area contributed by atoms with E-state index in [9.17, 15) is 5.11 Å². The molecule has 1 atom stereocenters. The molecule has 0 amide bonds. The normalized spacial score (nSPS) is 18.8. The predicted octanol–water partition coefficient (Wildman–Crippen LogP) is 3.26. The van der Waals surface area contributed by atoms with E-state index in [1.54, 1.807) is 0 Å². The van der Waals surface area contributed by atoms with Crippen LogP contribution in [0.4, 0.5) is 5.69 Å². The first kappa shape index (κ1) is 16.6. The highest BCUT2D eigenvalue weighted by Crippen LogP contribution is 2.26. The van der Waals surface area contributed by atoms with E-state index in [1.165, 1.54) is 0 Å². The van der Waals surface area contributed by atoms with Crippen molar-refractivity contribution in [3.63, 3.8) is 0 Å². The number of piperazine rings is 1. The van der Waals surface area contributed by atoms with Gasteiger partial charge in [-0.05, 0) is 24.0 Å². The van der Waals surface area contributed by atoms with E-state index in [2.05, 4.69) is 36.6 Å². The van der Waals surface area contributed by atoms with Crippen molar-refractivity contribution in [3.8, 4) is 0 Å². The van der Waals surface area contributed by atoms with Crippen molar-refractivity contribution < 1.29 is 5.11 Å². The van der Waals surface area contributed by atoms with Gasteiger partial charge < -0.3 is 10.0 Å². The zero-order valence-electron chi connectivity index (χ0n) is 13.3. The summed E-state index contributed by atoms with van der Waals surface area (Å²) in [6.07, 6.45) is 0.606. The van der Waals surface area contributed by atoms with Crippen molar-refractivity contribution >= 4 is 17.3 Å². The summed E-state index contributed by atoms with van der Waals surface area (Å²) in [4.78, 5) is 4.78. The van der Waals surface area contributed by atoms with E-state index in [0.717, 1.165) is 49.9 Å². The summed E-state index contributed by atoms with van der Waals surface area (Å²) in [5.41, 5.74) is 1.10. The third-order valence-corrected chi connectivity index (χ3v) is 4.60. The number of anilines is 1. The van der Waals surface area contributed by atoms with E-state index >= 15 is 0 Å². The molecule has 1 aliphatic heterocycles. The minimum absolute atomic E-state index is 0.0284. The van der Waals surface area contributed by atoms with Gasteiger partial charge in [0.25, 0.3) is 0 Å². The van der Waals surface area contributed by atoms with Crippen LogP contribution in [0.5, 0.6) is 0 Å². The molecular formula is C17H27ClN2O. The molecule has 0 spiro atoms. The van der Waals surface area contributed by atoms with Crippen LogP contribution in [0.3, 0.4) is 0 Å². The first-order chi connectivity index (χ1) is 9.88. The lowest BCUT2D eigenvalue weighted by Gasteiger charge is -2.37. The Kier molecular flexibility index (Phi) is 5.53. The van der Waals surface area contributed by atoms with Crippen molar-refractivity contribution in [1.29, 1.82) is 0 Å². The maximum absolute atomic E-state index is 10.1. The fraction of sp³-hybridized carbons (Fsp3) is 0.647. The Balaban J connectivity index is 1.80. The second-order valence-corrected chi connectivity index (χ2v) is 7.36. The van der Waals surface area contributed by atoms with E-state index in [0.29, 0.717) is 0 Å². The van der Waals surface area contributed by atoms with E-state index in [1.807, 2.05) is 18.2 Å². The zero-order valence-corrected chi connectivity index (χ0v) is 14.1. The molecule has 0 radical (unpaired) electrons. The maximum Gasteiger partial charge on any atom is 0.0639 e. The van der Waals surface area contributed by atoms with Crippen molar-refractivity contribution in [1.82, 2.24) is 4.90 Å². The number of aliphatic hydroxyl groups excluding tert-OH is 1. The quantitative estimate of drug-likeness (QED) is 0.924. The molecule has 0 aromatic heterocycles. The average Bonchev–Trinajstić information content (AvgIpc) is 2.45. The average molecular weight is 311 g/mol. The van der Waals surface area contributed by atoms with Gasteiger partial charge in [0.2, 0.25) is 0 Å². The minimum atomic E-state index is -0.237. The highest BCUT2D eigenvalue weighted by Gasteiger charge is 2.24. The molecule has 0 aliphatic carbocycles. The van der Waals surface area contributed by atoms with Gasteiger partial charge in [-0.2, -0.15) is 0 Å². The molecule has 1 N–H and O–H groups in total. The molecule has 21 heavy (non-hydrogen) atoms. The van der Waals surface area contributed by atoms with Gasteiger partial charge in [0.05, 0.1) is 16.8 Å². The van der Waals surface area contributed by atoms with Gasteiger partial charge in [0.1, 0.15) is 0 Å². The molecule has 0 bridgehead atoms. The Bertz CT molecular complexity index is 450. The largest absolute Gasteiger partial charge is 0.393 e. The predicted molar refractivity (Wildman–Crippen MR) is 90.2 cm³/mol. The lowest BCUT2D eigenvalue weighted by molar-refractivity contribution is 0.0450. The zero-order chi connectivity index (χ0) is 15.5. The summed E-state index contributed by atoms with van der Waals surface area (Å²) < 4.78 is 0. The minimum Gasteiger partial charge on any atom is -0.393 e. The number of para-hydroxylation sites is 1.